The fourth-order valence-electron chi connectivity index (χ4n) is 1.13. The summed E-state index contributed by atoms with van der Waals surface area (Å²) in [4.78, 5) is 0. The van der Waals surface area contributed by atoms with Crippen LogP contribution in [0.2, 0.25) is 12.6 Å². The van der Waals surface area contributed by atoms with Crippen molar-refractivity contribution in [2.75, 3.05) is 20.2 Å². The van der Waals surface area contributed by atoms with E-state index in [4.69, 9.17) is 15.9 Å². The zero-order chi connectivity index (χ0) is 8.69. The zero-order valence-electron chi connectivity index (χ0n) is 7.55. The highest BCUT2D eigenvalue weighted by Gasteiger charge is 2.11. The molecule has 11 heavy (non-hydrogen) atoms. The van der Waals surface area contributed by atoms with Crippen molar-refractivity contribution in [1.29, 1.82) is 0 Å². The van der Waals surface area contributed by atoms with Gasteiger partial charge in [0.15, 0.2) is 9.04 Å². The van der Waals surface area contributed by atoms with Crippen LogP contribution in [0.4, 0.5) is 0 Å². The highest BCUT2D eigenvalue weighted by Crippen LogP contribution is 2.09. The van der Waals surface area contributed by atoms with E-state index in [1.165, 1.54) is 0 Å². The second-order valence-corrected chi connectivity index (χ2v) is 5.53. The molecule has 4 heteroatoms. The fraction of sp³-hybridized carbons (Fsp3) is 1.00. The second kappa shape index (κ2) is 6.79. The summed E-state index contributed by atoms with van der Waals surface area (Å²) in [5, 5.41) is 0. The van der Waals surface area contributed by atoms with Gasteiger partial charge in [0.1, 0.15) is 0 Å². The topological polar surface area (TPSA) is 61.3 Å². The Hall–Kier alpha value is 0.0969. The lowest BCUT2D eigenvalue weighted by Crippen LogP contribution is -2.24. The molecule has 0 saturated heterocycles. The molecule has 0 heterocycles. The molecule has 0 amide bonds. The first-order valence-corrected chi connectivity index (χ1v) is 6.61. The normalized spacial score (nSPS) is 16.4. The summed E-state index contributed by atoms with van der Waals surface area (Å²) in [7, 11) is 0.861. The van der Waals surface area contributed by atoms with E-state index >= 15 is 0 Å². The molecule has 0 saturated carbocycles. The molecular formula is C7H20N2OSi. The van der Waals surface area contributed by atoms with Crippen molar-refractivity contribution < 1.29 is 4.43 Å². The smallest absolute Gasteiger partial charge is 0.173 e. The largest absolute Gasteiger partial charge is 0.423 e. The molecule has 0 aromatic heterocycles. The predicted molar refractivity (Wildman–Crippen MR) is 51.0 cm³/mol. The third kappa shape index (κ3) is 5.38. The van der Waals surface area contributed by atoms with Crippen molar-refractivity contribution in [3.05, 3.63) is 0 Å². The molecule has 3 nitrogen and oxygen atoms in total. The van der Waals surface area contributed by atoms with Gasteiger partial charge in [-0.15, -0.1) is 0 Å². The minimum absolute atomic E-state index is 0.585. The molecule has 4 N–H and O–H groups in total. The summed E-state index contributed by atoms with van der Waals surface area (Å²) in [5.74, 6) is 0.585. The van der Waals surface area contributed by atoms with Crippen molar-refractivity contribution in [2.45, 2.75) is 19.0 Å². The SMILES string of the molecule is CO[SiH](C)CC(CN)CCN. The zero-order valence-corrected chi connectivity index (χ0v) is 8.70. The molecule has 2 unspecified atom stereocenters. The Balaban J connectivity index is 3.49. The summed E-state index contributed by atoms with van der Waals surface area (Å²) < 4.78 is 5.27. The van der Waals surface area contributed by atoms with E-state index in [1.54, 1.807) is 7.11 Å². The van der Waals surface area contributed by atoms with Gasteiger partial charge in [-0.1, -0.05) is 0 Å². The molecule has 0 aliphatic carbocycles. The Labute approximate surface area is 70.8 Å². The van der Waals surface area contributed by atoms with E-state index < -0.39 is 9.04 Å². The van der Waals surface area contributed by atoms with Gasteiger partial charge < -0.3 is 15.9 Å². The first kappa shape index (κ1) is 11.1. The summed E-state index contributed by atoms with van der Waals surface area (Å²) in [6.07, 6.45) is 1.04. The molecule has 0 radical (unpaired) electrons. The third-order valence-electron chi connectivity index (χ3n) is 1.98. The molecular weight excluding hydrogens is 156 g/mol. The molecule has 0 fully saturated rings. The summed E-state index contributed by atoms with van der Waals surface area (Å²) in [6.45, 7) is 3.68. The van der Waals surface area contributed by atoms with Gasteiger partial charge in [0.25, 0.3) is 0 Å². The lowest BCUT2D eigenvalue weighted by Gasteiger charge is -2.16. The van der Waals surface area contributed by atoms with Crippen molar-refractivity contribution >= 4 is 9.04 Å². The number of hydrogen-bond donors (Lipinski definition) is 2. The van der Waals surface area contributed by atoms with Crippen molar-refractivity contribution in [3.8, 4) is 0 Å². The van der Waals surface area contributed by atoms with Crippen molar-refractivity contribution in [2.24, 2.45) is 17.4 Å². The van der Waals surface area contributed by atoms with Crippen LogP contribution < -0.4 is 11.5 Å². The van der Waals surface area contributed by atoms with Crippen LogP contribution in [0.5, 0.6) is 0 Å². The molecule has 68 valence electrons. The minimum Gasteiger partial charge on any atom is -0.423 e. The average molecular weight is 176 g/mol. The highest BCUT2D eigenvalue weighted by atomic mass is 28.3. The first-order valence-electron chi connectivity index (χ1n) is 4.17. The van der Waals surface area contributed by atoms with Crippen LogP contribution in [0.25, 0.3) is 0 Å². The molecule has 0 aliphatic rings. The number of hydrogen-bond acceptors (Lipinski definition) is 3. The Morgan fingerprint density at radius 1 is 1.45 bits per heavy atom. The predicted octanol–water partition coefficient (Wildman–Crippen LogP) is -0.0899. The lowest BCUT2D eigenvalue weighted by atomic mass is 10.1. The van der Waals surface area contributed by atoms with E-state index in [1.807, 2.05) is 0 Å². The number of nitrogens with two attached hydrogens (primary N) is 2. The van der Waals surface area contributed by atoms with Crippen molar-refractivity contribution in [1.82, 2.24) is 0 Å². The van der Waals surface area contributed by atoms with Crippen LogP contribution in [-0.4, -0.2) is 29.2 Å². The van der Waals surface area contributed by atoms with Crippen LogP contribution in [0.15, 0.2) is 0 Å². The van der Waals surface area contributed by atoms with E-state index in [0.29, 0.717) is 5.92 Å². The van der Waals surface area contributed by atoms with Gasteiger partial charge in [-0.3, -0.25) is 0 Å². The van der Waals surface area contributed by atoms with Gasteiger partial charge in [-0.05, 0) is 38.0 Å². The van der Waals surface area contributed by atoms with Gasteiger partial charge in [0.2, 0.25) is 0 Å². The summed E-state index contributed by atoms with van der Waals surface area (Å²) in [6, 6.07) is 1.16. The molecule has 0 spiro atoms. The Kier molecular flexibility index (Phi) is 6.85. The average Bonchev–Trinajstić information content (AvgIpc) is 2.03. The first-order chi connectivity index (χ1) is 5.24. The highest BCUT2D eigenvalue weighted by molar-refractivity contribution is 6.50. The summed E-state index contributed by atoms with van der Waals surface area (Å²) >= 11 is 0. The maximum absolute atomic E-state index is 5.57. The van der Waals surface area contributed by atoms with Crippen LogP contribution in [0, 0.1) is 5.92 Å². The lowest BCUT2D eigenvalue weighted by molar-refractivity contribution is 0.408. The summed E-state index contributed by atoms with van der Waals surface area (Å²) in [5.41, 5.74) is 11.0. The van der Waals surface area contributed by atoms with Gasteiger partial charge in [-0.2, -0.15) is 0 Å². The minimum atomic E-state index is -0.924. The third-order valence-corrected chi connectivity index (χ3v) is 4.11. The van der Waals surface area contributed by atoms with Gasteiger partial charge >= 0.3 is 0 Å². The maximum Gasteiger partial charge on any atom is 0.173 e. The standard InChI is InChI=1S/C7H20N2OSi/c1-10-11(2)6-7(5-9)3-4-8/h7,11H,3-6,8-9H2,1-2H3. The van der Waals surface area contributed by atoms with Gasteiger partial charge in [-0.25, -0.2) is 0 Å². The van der Waals surface area contributed by atoms with Crippen LogP contribution in [0.1, 0.15) is 6.42 Å². The fourth-order valence-corrected chi connectivity index (χ4v) is 2.69. The van der Waals surface area contributed by atoms with Crippen LogP contribution in [0.3, 0.4) is 0 Å². The van der Waals surface area contributed by atoms with E-state index in [0.717, 1.165) is 25.6 Å². The van der Waals surface area contributed by atoms with Crippen LogP contribution in [-0.2, 0) is 4.43 Å². The van der Waals surface area contributed by atoms with E-state index in [9.17, 15) is 0 Å². The monoisotopic (exact) mass is 176 g/mol. The Bertz CT molecular complexity index is 92.5. The van der Waals surface area contributed by atoms with Gasteiger partial charge in [0.05, 0.1) is 0 Å². The molecule has 0 aromatic rings. The molecule has 0 rings (SSSR count). The van der Waals surface area contributed by atoms with Crippen LogP contribution >= 0.6 is 0 Å². The van der Waals surface area contributed by atoms with E-state index in [-0.39, 0.29) is 0 Å². The second-order valence-electron chi connectivity index (χ2n) is 2.96. The Morgan fingerprint density at radius 2 is 2.09 bits per heavy atom. The number of rotatable bonds is 6. The maximum atomic E-state index is 5.57. The molecule has 0 bridgehead atoms. The Morgan fingerprint density at radius 3 is 2.45 bits per heavy atom. The quantitative estimate of drug-likeness (QED) is 0.556. The molecule has 2 atom stereocenters. The van der Waals surface area contributed by atoms with Gasteiger partial charge in [0, 0.05) is 7.11 Å². The van der Waals surface area contributed by atoms with Crippen molar-refractivity contribution in [3.63, 3.8) is 0 Å². The molecule has 0 aromatic carbocycles. The molecule has 0 aliphatic heterocycles. The van der Waals surface area contributed by atoms with E-state index in [2.05, 4.69) is 6.55 Å².